The highest BCUT2D eigenvalue weighted by molar-refractivity contribution is 8.02. The summed E-state index contributed by atoms with van der Waals surface area (Å²) in [5.74, 6) is 0. The van der Waals surface area contributed by atoms with Crippen molar-refractivity contribution in [3.8, 4) is 6.07 Å². The highest BCUT2D eigenvalue weighted by Crippen LogP contribution is 2.32. The minimum atomic E-state index is 0.683. The Hall–Kier alpha value is -1.97. The Bertz CT molecular complexity index is 826. The average molecular weight is 314 g/mol. The van der Waals surface area contributed by atoms with Crippen LogP contribution in [0.15, 0.2) is 28.7 Å². The molecule has 3 rings (SSSR count). The molecule has 0 aliphatic carbocycles. The largest absolute Gasteiger partial charge is 0.358 e. The number of aryl methyl sites for hydroxylation is 2. The number of hydrogen-bond donors (Lipinski definition) is 2. The molecule has 0 aliphatic rings. The van der Waals surface area contributed by atoms with Crippen molar-refractivity contribution >= 4 is 39.9 Å². The zero-order chi connectivity index (χ0) is 14.8. The lowest BCUT2D eigenvalue weighted by atomic mass is 10.1. The second-order valence-electron chi connectivity index (χ2n) is 4.62. The summed E-state index contributed by atoms with van der Waals surface area (Å²) in [6.07, 6.45) is 4.61. The molecule has 0 bridgehead atoms. The number of rotatable bonds is 4. The Labute approximate surface area is 131 Å². The van der Waals surface area contributed by atoms with Crippen LogP contribution in [0, 0.1) is 18.3 Å². The molecule has 0 spiro atoms. The number of nitrogens with zero attached hydrogens (tertiary/aromatic N) is 2. The van der Waals surface area contributed by atoms with Crippen molar-refractivity contribution in [3.05, 3.63) is 40.7 Å². The molecule has 2 N–H and O–H groups in total. The Kier molecular flexibility index (Phi) is 3.86. The summed E-state index contributed by atoms with van der Waals surface area (Å²) in [7, 11) is 0. The minimum absolute atomic E-state index is 0.683. The van der Waals surface area contributed by atoms with E-state index in [1.54, 1.807) is 29.5 Å². The monoisotopic (exact) mass is 314 g/mol. The molecule has 0 saturated carbocycles. The van der Waals surface area contributed by atoms with E-state index in [1.807, 2.05) is 25.3 Å². The number of benzene rings is 1. The highest BCUT2D eigenvalue weighted by Gasteiger charge is 2.10. The molecule has 106 valence electrons. The number of thiazole rings is 1. The van der Waals surface area contributed by atoms with Gasteiger partial charge in [-0.3, -0.25) is 0 Å². The maximum atomic E-state index is 9.18. The first-order chi connectivity index (χ1) is 10.2. The van der Waals surface area contributed by atoms with E-state index in [1.165, 1.54) is 0 Å². The molecule has 0 fully saturated rings. The number of aromatic amines is 1. The van der Waals surface area contributed by atoms with Crippen molar-refractivity contribution in [2.75, 3.05) is 4.72 Å². The van der Waals surface area contributed by atoms with E-state index < -0.39 is 0 Å². The summed E-state index contributed by atoms with van der Waals surface area (Å²) in [5, 5.41) is 11.3. The van der Waals surface area contributed by atoms with E-state index in [0.29, 0.717) is 5.56 Å². The molecule has 2 aromatic heterocycles. The number of nitrogens with one attached hydrogen (secondary N) is 2. The fourth-order valence-corrected chi connectivity index (χ4v) is 3.86. The van der Waals surface area contributed by atoms with Crippen LogP contribution in [0.3, 0.4) is 0 Å². The fourth-order valence-electron chi connectivity index (χ4n) is 2.20. The second kappa shape index (κ2) is 5.80. The zero-order valence-corrected chi connectivity index (χ0v) is 13.4. The topological polar surface area (TPSA) is 64.5 Å². The van der Waals surface area contributed by atoms with Crippen LogP contribution < -0.4 is 4.72 Å². The summed E-state index contributed by atoms with van der Waals surface area (Å²) in [6.45, 7) is 4.12. The molecule has 3 aromatic rings. The van der Waals surface area contributed by atoms with Gasteiger partial charge in [-0.1, -0.05) is 13.0 Å². The van der Waals surface area contributed by atoms with E-state index in [0.717, 1.165) is 37.8 Å². The number of hydrogen-bond acceptors (Lipinski definition) is 5. The normalized spacial score (nSPS) is 10.7. The van der Waals surface area contributed by atoms with Gasteiger partial charge in [0.25, 0.3) is 0 Å². The third-order valence-corrected chi connectivity index (χ3v) is 5.33. The van der Waals surface area contributed by atoms with Crippen LogP contribution in [0.25, 0.3) is 10.9 Å². The van der Waals surface area contributed by atoms with Crippen LogP contribution >= 0.6 is 23.3 Å². The zero-order valence-electron chi connectivity index (χ0n) is 11.7. The van der Waals surface area contributed by atoms with Crippen LogP contribution in [-0.2, 0) is 6.42 Å². The third kappa shape index (κ3) is 2.62. The second-order valence-corrected chi connectivity index (χ2v) is 6.85. The lowest BCUT2D eigenvalue weighted by Gasteiger charge is -2.07. The lowest BCUT2D eigenvalue weighted by molar-refractivity contribution is 1.09. The Morgan fingerprint density at radius 3 is 3.05 bits per heavy atom. The van der Waals surface area contributed by atoms with Gasteiger partial charge in [0.1, 0.15) is 10.3 Å². The summed E-state index contributed by atoms with van der Waals surface area (Å²) >= 11 is 3.25. The van der Waals surface area contributed by atoms with Crippen LogP contribution in [0.1, 0.15) is 23.1 Å². The van der Waals surface area contributed by atoms with Crippen LogP contribution in [0.2, 0.25) is 0 Å². The first kappa shape index (κ1) is 14.0. The molecule has 0 amide bonds. The van der Waals surface area contributed by atoms with Gasteiger partial charge >= 0.3 is 0 Å². The number of H-pyrrole nitrogens is 1. The van der Waals surface area contributed by atoms with Gasteiger partial charge in [-0.25, -0.2) is 4.98 Å². The molecular formula is C15H14N4S2. The summed E-state index contributed by atoms with van der Waals surface area (Å²) in [5.41, 5.74) is 3.74. The van der Waals surface area contributed by atoms with Crippen molar-refractivity contribution in [2.24, 2.45) is 0 Å². The maximum Gasteiger partial charge on any atom is 0.101 e. The number of fused-ring (bicyclic) bond motifs is 1. The summed E-state index contributed by atoms with van der Waals surface area (Å²) < 4.78 is 4.48. The Morgan fingerprint density at radius 1 is 1.48 bits per heavy atom. The smallest absolute Gasteiger partial charge is 0.101 e. The molecule has 21 heavy (non-hydrogen) atoms. The molecule has 6 heteroatoms. The molecule has 0 saturated heterocycles. The maximum absolute atomic E-state index is 9.18. The third-order valence-electron chi connectivity index (χ3n) is 3.26. The standard InChI is InChI=1S/C15H14N4S2/c1-3-12-17-8-13(20-12)21-19-11-5-4-9(2)14-10(6-16)7-18-15(11)14/h4-5,7-8,18-19H,3H2,1-2H3. The lowest BCUT2D eigenvalue weighted by Crippen LogP contribution is -1.88. The van der Waals surface area contributed by atoms with Gasteiger partial charge in [-0.05, 0) is 36.9 Å². The minimum Gasteiger partial charge on any atom is -0.358 e. The van der Waals surface area contributed by atoms with Crippen molar-refractivity contribution in [1.82, 2.24) is 9.97 Å². The van der Waals surface area contributed by atoms with Crippen LogP contribution in [0.4, 0.5) is 5.69 Å². The fraction of sp³-hybridized carbons (Fsp3) is 0.200. The SMILES string of the molecule is CCc1ncc(SNc2ccc(C)c3c(C#N)c[nH]c23)s1. The van der Waals surface area contributed by atoms with E-state index in [-0.39, 0.29) is 0 Å². The molecule has 0 unspecified atom stereocenters. The molecule has 0 radical (unpaired) electrons. The van der Waals surface area contributed by atoms with Gasteiger partial charge in [-0.2, -0.15) is 5.26 Å². The number of nitriles is 1. The highest BCUT2D eigenvalue weighted by atomic mass is 32.2. The predicted molar refractivity (Wildman–Crippen MR) is 88.7 cm³/mol. The van der Waals surface area contributed by atoms with Gasteiger partial charge in [0.05, 0.1) is 28.0 Å². The van der Waals surface area contributed by atoms with Gasteiger partial charge in [0.15, 0.2) is 0 Å². The molecule has 2 heterocycles. The van der Waals surface area contributed by atoms with Gasteiger partial charge in [0, 0.05) is 11.6 Å². The summed E-state index contributed by atoms with van der Waals surface area (Å²) in [4.78, 5) is 7.54. The van der Waals surface area contributed by atoms with E-state index in [9.17, 15) is 5.26 Å². The molecule has 0 atom stereocenters. The van der Waals surface area contributed by atoms with E-state index in [4.69, 9.17) is 0 Å². The Balaban J connectivity index is 1.89. The van der Waals surface area contributed by atoms with Crippen LogP contribution in [-0.4, -0.2) is 9.97 Å². The number of anilines is 1. The van der Waals surface area contributed by atoms with Crippen molar-refractivity contribution in [3.63, 3.8) is 0 Å². The number of aromatic nitrogens is 2. The van der Waals surface area contributed by atoms with Gasteiger partial charge in [-0.15, -0.1) is 11.3 Å². The molecule has 0 aliphatic heterocycles. The predicted octanol–water partition coefficient (Wildman–Crippen LogP) is 4.49. The first-order valence-electron chi connectivity index (χ1n) is 6.61. The van der Waals surface area contributed by atoms with Gasteiger partial charge < -0.3 is 9.71 Å². The van der Waals surface area contributed by atoms with Crippen molar-refractivity contribution in [2.45, 2.75) is 24.5 Å². The summed E-state index contributed by atoms with van der Waals surface area (Å²) in [6, 6.07) is 6.29. The molecule has 1 aromatic carbocycles. The molecule has 4 nitrogen and oxygen atoms in total. The van der Waals surface area contributed by atoms with Crippen LogP contribution in [0.5, 0.6) is 0 Å². The quantitative estimate of drug-likeness (QED) is 0.697. The first-order valence-corrected chi connectivity index (χ1v) is 8.24. The molecular weight excluding hydrogens is 300 g/mol. The average Bonchev–Trinajstić information content (AvgIpc) is 3.13. The van der Waals surface area contributed by atoms with E-state index in [2.05, 4.69) is 27.7 Å². The van der Waals surface area contributed by atoms with Crippen molar-refractivity contribution < 1.29 is 0 Å². The van der Waals surface area contributed by atoms with Crippen molar-refractivity contribution in [1.29, 1.82) is 5.26 Å². The van der Waals surface area contributed by atoms with Gasteiger partial charge in [0.2, 0.25) is 0 Å². The van der Waals surface area contributed by atoms with E-state index >= 15 is 0 Å². The Morgan fingerprint density at radius 2 is 2.33 bits per heavy atom.